The number of hydrogen-bond donors (Lipinski definition) is 3. The first-order chi connectivity index (χ1) is 9.04. The number of carbonyl (C=O) groups excluding carboxylic acids is 1. The third kappa shape index (κ3) is 3.41. The number of hydrogen-bond acceptors (Lipinski definition) is 4. The zero-order valence-corrected chi connectivity index (χ0v) is 10.6. The maximum absolute atomic E-state index is 11.7. The van der Waals surface area contributed by atoms with E-state index in [1.54, 1.807) is 18.3 Å². The van der Waals surface area contributed by atoms with Crippen molar-refractivity contribution >= 4 is 17.5 Å². The number of amides is 2. The standard InChI is InChI=1S/C13H14N4O2/c1-8-3-4-11(18)10(5-8)16-13(19)17-12-7-14-9(2)6-15-12/h3-7,18H,1-2H3,(H2,15,16,17,19). The number of rotatable bonds is 2. The van der Waals surface area contributed by atoms with Crippen molar-refractivity contribution in [2.75, 3.05) is 10.6 Å². The van der Waals surface area contributed by atoms with Crippen LogP contribution < -0.4 is 10.6 Å². The average Bonchev–Trinajstić information content (AvgIpc) is 2.37. The molecule has 1 aromatic heterocycles. The van der Waals surface area contributed by atoms with Crippen molar-refractivity contribution in [3.05, 3.63) is 41.9 Å². The van der Waals surface area contributed by atoms with Crippen LogP contribution in [-0.2, 0) is 0 Å². The van der Waals surface area contributed by atoms with Gasteiger partial charge in [0.05, 0.1) is 23.8 Å². The zero-order chi connectivity index (χ0) is 13.8. The van der Waals surface area contributed by atoms with Gasteiger partial charge >= 0.3 is 6.03 Å². The van der Waals surface area contributed by atoms with E-state index in [1.165, 1.54) is 12.3 Å². The predicted octanol–water partition coefficient (Wildman–Crippen LogP) is 2.44. The lowest BCUT2D eigenvalue weighted by atomic mass is 10.2. The highest BCUT2D eigenvalue weighted by molar-refractivity contribution is 6.00. The summed E-state index contributed by atoms with van der Waals surface area (Å²) in [5.41, 5.74) is 2.04. The minimum atomic E-state index is -0.487. The molecule has 6 nitrogen and oxygen atoms in total. The van der Waals surface area contributed by atoms with Crippen molar-refractivity contribution < 1.29 is 9.90 Å². The molecular weight excluding hydrogens is 244 g/mol. The van der Waals surface area contributed by atoms with Crippen LogP contribution in [0.4, 0.5) is 16.3 Å². The first kappa shape index (κ1) is 12.8. The highest BCUT2D eigenvalue weighted by Crippen LogP contribution is 2.23. The lowest BCUT2D eigenvalue weighted by Crippen LogP contribution is -2.20. The van der Waals surface area contributed by atoms with E-state index >= 15 is 0 Å². The first-order valence-electron chi connectivity index (χ1n) is 5.71. The Kier molecular flexibility index (Phi) is 3.61. The fraction of sp³-hybridized carbons (Fsp3) is 0.154. The van der Waals surface area contributed by atoms with Crippen LogP contribution in [-0.4, -0.2) is 21.1 Å². The molecule has 0 fully saturated rings. The molecule has 0 saturated carbocycles. The molecule has 0 radical (unpaired) electrons. The molecular formula is C13H14N4O2. The van der Waals surface area contributed by atoms with Gasteiger partial charge in [0.2, 0.25) is 0 Å². The number of aromatic hydroxyl groups is 1. The maximum atomic E-state index is 11.7. The van der Waals surface area contributed by atoms with Gasteiger partial charge in [0.15, 0.2) is 5.82 Å². The molecule has 6 heteroatoms. The van der Waals surface area contributed by atoms with Gasteiger partial charge in [0.1, 0.15) is 5.75 Å². The lowest BCUT2D eigenvalue weighted by molar-refractivity contribution is 0.262. The van der Waals surface area contributed by atoms with E-state index < -0.39 is 6.03 Å². The second-order valence-corrected chi connectivity index (χ2v) is 4.14. The largest absolute Gasteiger partial charge is 0.506 e. The number of aryl methyl sites for hydroxylation is 2. The molecule has 19 heavy (non-hydrogen) atoms. The molecule has 2 rings (SSSR count). The molecule has 0 aliphatic heterocycles. The van der Waals surface area contributed by atoms with Crippen molar-refractivity contribution in [1.29, 1.82) is 0 Å². The average molecular weight is 258 g/mol. The van der Waals surface area contributed by atoms with Crippen LogP contribution in [0.2, 0.25) is 0 Å². The van der Waals surface area contributed by atoms with E-state index in [0.29, 0.717) is 11.5 Å². The fourth-order valence-electron chi connectivity index (χ4n) is 1.48. The van der Waals surface area contributed by atoms with Crippen molar-refractivity contribution in [3.63, 3.8) is 0 Å². The molecule has 2 aromatic rings. The third-order valence-electron chi connectivity index (χ3n) is 2.42. The van der Waals surface area contributed by atoms with E-state index in [1.807, 2.05) is 13.8 Å². The van der Waals surface area contributed by atoms with Gasteiger partial charge in [-0.3, -0.25) is 10.3 Å². The summed E-state index contributed by atoms with van der Waals surface area (Å²) < 4.78 is 0. The Bertz CT molecular complexity index is 596. The zero-order valence-electron chi connectivity index (χ0n) is 10.6. The highest BCUT2D eigenvalue weighted by atomic mass is 16.3. The second kappa shape index (κ2) is 5.34. The molecule has 0 unspecified atom stereocenters. The van der Waals surface area contributed by atoms with Crippen molar-refractivity contribution in [3.8, 4) is 5.75 Å². The number of anilines is 2. The smallest absolute Gasteiger partial charge is 0.324 e. The quantitative estimate of drug-likeness (QED) is 0.722. The number of urea groups is 1. The number of nitrogens with zero attached hydrogens (tertiary/aromatic N) is 2. The molecule has 0 saturated heterocycles. The van der Waals surface area contributed by atoms with Gasteiger partial charge in [-0.15, -0.1) is 0 Å². The summed E-state index contributed by atoms with van der Waals surface area (Å²) in [4.78, 5) is 19.7. The molecule has 1 heterocycles. The van der Waals surface area contributed by atoms with Crippen molar-refractivity contribution in [2.45, 2.75) is 13.8 Å². The normalized spacial score (nSPS) is 10.0. The number of phenols is 1. The first-order valence-corrected chi connectivity index (χ1v) is 5.71. The van der Waals surface area contributed by atoms with Crippen LogP contribution in [0.5, 0.6) is 5.75 Å². The Morgan fingerprint density at radius 1 is 1.16 bits per heavy atom. The second-order valence-electron chi connectivity index (χ2n) is 4.14. The Labute approximate surface area is 110 Å². The van der Waals surface area contributed by atoms with Gasteiger partial charge in [-0.05, 0) is 31.5 Å². The summed E-state index contributed by atoms with van der Waals surface area (Å²) in [6.07, 6.45) is 3.02. The monoisotopic (exact) mass is 258 g/mol. The number of aromatic nitrogens is 2. The van der Waals surface area contributed by atoms with Crippen LogP contribution in [0.15, 0.2) is 30.6 Å². The van der Waals surface area contributed by atoms with E-state index in [-0.39, 0.29) is 5.75 Å². The number of phenolic OH excluding ortho intramolecular Hbond substituents is 1. The van der Waals surface area contributed by atoms with Gasteiger partial charge in [0.25, 0.3) is 0 Å². The minimum Gasteiger partial charge on any atom is -0.506 e. The SMILES string of the molecule is Cc1ccc(O)c(NC(=O)Nc2cnc(C)cn2)c1. The fourth-order valence-corrected chi connectivity index (χ4v) is 1.48. The van der Waals surface area contributed by atoms with Gasteiger partial charge in [0, 0.05) is 0 Å². The summed E-state index contributed by atoms with van der Waals surface area (Å²) in [5, 5.41) is 14.7. The molecule has 0 atom stereocenters. The number of nitrogens with one attached hydrogen (secondary N) is 2. The summed E-state index contributed by atoms with van der Waals surface area (Å²) >= 11 is 0. The predicted molar refractivity (Wildman–Crippen MR) is 72.3 cm³/mol. The number of benzene rings is 1. The van der Waals surface area contributed by atoms with E-state index in [9.17, 15) is 9.90 Å². The Hall–Kier alpha value is -2.63. The summed E-state index contributed by atoms with van der Waals surface area (Å²) in [6.45, 7) is 3.68. The maximum Gasteiger partial charge on any atom is 0.324 e. The highest BCUT2D eigenvalue weighted by Gasteiger charge is 2.07. The summed E-state index contributed by atoms with van der Waals surface area (Å²) in [7, 11) is 0. The van der Waals surface area contributed by atoms with E-state index in [2.05, 4.69) is 20.6 Å². The third-order valence-corrected chi connectivity index (χ3v) is 2.42. The van der Waals surface area contributed by atoms with Crippen LogP contribution in [0.1, 0.15) is 11.3 Å². The Morgan fingerprint density at radius 2 is 1.95 bits per heavy atom. The van der Waals surface area contributed by atoms with Gasteiger partial charge in [-0.25, -0.2) is 9.78 Å². The molecule has 0 bridgehead atoms. The Balaban J connectivity index is 2.05. The number of carbonyl (C=O) groups is 1. The summed E-state index contributed by atoms with van der Waals surface area (Å²) in [5.74, 6) is 0.353. The van der Waals surface area contributed by atoms with E-state index in [4.69, 9.17) is 0 Å². The van der Waals surface area contributed by atoms with Crippen molar-refractivity contribution in [2.24, 2.45) is 0 Å². The summed E-state index contributed by atoms with van der Waals surface area (Å²) in [6, 6.07) is 4.47. The van der Waals surface area contributed by atoms with Crippen LogP contribution in [0.25, 0.3) is 0 Å². The lowest BCUT2D eigenvalue weighted by Gasteiger charge is -2.09. The van der Waals surface area contributed by atoms with E-state index in [0.717, 1.165) is 11.3 Å². The molecule has 3 N–H and O–H groups in total. The molecule has 98 valence electrons. The van der Waals surface area contributed by atoms with Gasteiger partial charge in [-0.1, -0.05) is 6.07 Å². The topological polar surface area (TPSA) is 87.1 Å². The molecule has 1 aromatic carbocycles. The molecule has 0 aliphatic rings. The molecule has 0 aliphatic carbocycles. The van der Waals surface area contributed by atoms with Crippen LogP contribution in [0.3, 0.4) is 0 Å². The van der Waals surface area contributed by atoms with Crippen LogP contribution >= 0.6 is 0 Å². The van der Waals surface area contributed by atoms with Gasteiger partial charge in [-0.2, -0.15) is 0 Å². The minimum absolute atomic E-state index is 0.00994. The van der Waals surface area contributed by atoms with Crippen LogP contribution in [0, 0.1) is 13.8 Å². The van der Waals surface area contributed by atoms with Gasteiger partial charge < -0.3 is 10.4 Å². The Morgan fingerprint density at radius 3 is 2.63 bits per heavy atom. The molecule has 0 spiro atoms. The van der Waals surface area contributed by atoms with Crippen molar-refractivity contribution in [1.82, 2.24) is 9.97 Å². The molecule has 2 amide bonds.